The monoisotopic (exact) mass is 293 g/mol. The molecule has 0 radical (unpaired) electrons. The minimum atomic E-state index is -1.75. The number of rotatable bonds is 6. The molecule has 0 N–H and O–H groups in total. The molecule has 1 atom stereocenters. The highest BCUT2D eigenvalue weighted by atomic mass is 28.4. The van der Waals surface area contributed by atoms with E-state index in [4.69, 9.17) is 9.69 Å². The Bertz CT molecular complexity index is 464. The minimum absolute atomic E-state index is 0.384. The molecule has 0 saturated heterocycles. The second kappa shape index (κ2) is 8.51. The number of carbonyl (C=O) groups excluding carboxylic acids is 1. The van der Waals surface area contributed by atoms with Crippen LogP contribution in [0.15, 0.2) is 35.5 Å². The molecule has 0 rings (SSSR count). The quantitative estimate of drug-likeness (QED) is 0.326. The lowest BCUT2D eigenvalue weighted by molar-refractivity contribution is -0.134. The van der Waals surface area contributed by atoms with Crippen molar-refractivity contribution < 1.29 is 14.0 Å². The predicted octanol–water partition coefficient (Wildman–Crippen LogP) is 3.35. The summed E-state index contributed by atoms with van der Waals surface area (Å²) in [4.78, 5) is 11.0. The van der Waals surface area contributed by atoms with Crippen molar-refractivity contribution in [3.05, 3.63) is 35.5 Å². The van der Waals surface area contributed by atoms with E-state index >= 15 is 0 Å². The molecule has 0 saturated carbocycles. The molecule has 0 spiro atoms. The fraction of sp³-hybridized carbons (Fsp3) is 0.467. The van der Waals surface area contributed by atoms with Crippen LogP contribution in [-0.2, 0) is 14.0 Å². The van der Waals surface area contributed by atoms with E-state index in [0.717, 1.165) is 11.1 Å². The Morgan fingerprint density at radius 1 is 1.30 bits per heavy atom. The normalized spacial score (nSPS) is 15.1. The summed E-state index contributed by atoms with van der Waals surface area (Å²) >= 11 is 0. The van der Waals surface area contributed by atoms with Crippen molar-refractivity contribution in [2.45, 2.75) is 39.6 Å². The number of nitriles is 1. The predicted molar refractivity (Wildman–Crippen MR) is 82.5 cm³/mol. The van der Waals surface area contributed by atoms with Crippen LogP contribution in [0.5, 0.6) is 0 Å². The Balaban J connectivity index is 4.77. The van der Waals surface area contributed by atoms with E-state index in [2.05, 4.69) is 10.8 Å². The molecule has 0 aliphatic rings. The summed E-state index contributed by atoms with van der Waals surface area (Å²) in [6.45, 7) is 9.80. The Labute approximate surface area is 122 Å². The molecule has 4 nitrogen and oxygen atoms in total. The second-order valence-electron chi connectivity index (χ2n) is 5.42. The van der Waals surface area contributed by atoms with Crippen LogP contribution < -0.4 is 0 Å². The van der Waals surface area contributed by atoms with Crippen molar-refractivity contribution in [3.63, 3.8) is 0 Å². The third-order valence-corrected chi connectivity index (χ3v) is 3.21. The summed E-state index contributed by atoms with van der Waals surface area (Å²) in [7, 11) is -0.413. The van der Waals surface area contributed by atoms with Gasteiger partial charge in [-0.1, -0.05) is 18.2 Å². The summed E-state index contributed by atoms with van der Waals surface area (Å²) in [5.41, 5.74) is 1.62. The molecule has 5 heteroatoms. The van der Waals surface area contributed by atoms with Crippen molar-refractivity contribution in [1.29, 1.82) is 5.26 Å². The molecule has 0 aromatic heterocycles. The lowest BCUT2D eigenvalue weighted by atomic mass is 10.1. The summed E-state index contributed by atoms with van der Waals surface area (Å²) in [6.07, 6.45) is 6.28. The van der Waals surface area contributed by atoms with E-state index in [1.807, 2.05) is 32.6 Å². The van der Waals surface area contributed by atoms with Gasteiger partial charge in [0, 0.05) is 6.08 Å². The molecule has 0 amide bonds. The number of hydrogen-bond acceptors (Lipinski definition) is 4. The molecule has 0 bridgehead atoms. The number of nitrogens with zero attached hydrogens (tertiary/aromatic N) is 1. The van der Waals surface area contributed by atoms with Crippen LogP contribution in [0.1, 0.15) is 13.8 Å². The maximum atomic E-state index is 11.0. The molecular formula is C15H23NO3Si. The van der Waals surface area contributed by atoms with Gasteiger partial charge in [0.15, 0.2) is 14.4 Å². The van der Waals surface area contributed by atoms with Gasteiger partial charge in [-0.15, -0.1) is 0 Å². The molecule has 0 fully saturated rings. The molecule has 0 aliphatic carbocycles. The summed E-state index contributed by atoms with van der Waals surface area (Å²) in [5.74, 6) is -0.384. The van der Waals surface area contributed by atoms with Crippen LogP contribution in [0.3, 0.4) is 0 Å². The SMILES string of the molecule is COC(=O)/C=C(C)/C=C/C=C(\C)C(C#N)O[Si](C)(C)C. The molecule has 0 aromatic rings. The molecule has 20 heavy (non-hydrogen) atoms. The van der Waals surface area contributed by atoms with E-state index in [1.165, 1.54) is 13.2 Å². The smallest absolute Gasteiger partial charge is 0.330 e. The largest absolute Gasteiger partial charge is 0.466 e. The van der Waals surface area contributed by atoms with E-state index < -0.39 is 14.4 Å². The van der Waals surface area contributed by atoms with Crippen molar-refractivity contribution in [2.24, 2.45) is 0 Å². The number of hydrogen-bond donors (Lipinski definition) is 0. The first kappa shape index (κ1) is 18.4. The molecule has 110 valence electrons. The Kier molecular flexibility index (Phi) is 7.81. The van der Waals surface area contributed by atoms with Crippen LogP contribution in [0.2, 0.25) is 19.6 Å². The zero-order valence-corrected chi connectivity index (χ0v) is 14.1. The third-order valence-electron chi connectivity index (χ3n) is 2.27. The summed E-state index contributed by atoms with van der Waals surface area (Å²) in [6, 6.07) is 2.16. The number of carbonyl (C=O) groups is 1. The number of esters is 1. The highest BCUT2D eigenvalue weighted by Gasteiger charge is 2.21. The standard InChI is InChI=1S/C15H23NO3Si/c1-12(10-15(17)18-3)8-7-9-13(2)14(11-16)19-20(4,5)6/h7-10,14H,1-6H3/b8-7+,12-10+,13-9+. The zero-order chi connectivity index (χ0) is 15.8. The van der Waals surface area contributed by atoms with Crippen molar-refractivity contribution in [2.75, 3.05) is 7.11 Å². The first-order valence-corrected chi connectivity index (χ1v) is 9.79. The van der Waals surface area contributed by atoms with E-state index in [1.54, 1.807) is 19.1 Å². The fourth-order valence-corrected chi connectivity index (χ4v) is 2.25. The van der Waals surface area contributed by atoms with Crippen LogP contribution >= 0.6 is 0 Å². The van der Waals surface area contributed by atoms with E-state index in [-0.39, 0.29) is 5.97 Å². The van der Waals surface area contributed by atoms with E-state index in [0.29, 0.717) is 0 Å². The van der Waals surface area contributed by atoms with Crippen LogP contribution in [0.25, 0.3) is 0 Å². The van der Waals surface area contributed by atoms with Gasteiger partial charge in [-0.2, -0.15) is 5.26 Å². The van der Waals surface area contributed by atoms with Gasteiger partial charge >= 0.3 is 5.97 Å². The minimum Gasteiger partial charge on any atom is -0.466 e. The van der Waals surface area contributed by atoms with Gasteiger partial charge in [0.25, 0.3) is 0 Å². The van der Waals surface area contributed by atoms with Gasteiger partial charge < -0.3 is 9.16 Å². The Morgan fingerprint density at radius 3 is 2.35 bits per heavy atom. The average molecular weight is 293 g/mol. The van der Waals surface area contributed by atoms with Crippen LogP contribution in [0, 0.1) is 11.3 Å². The molecule has 1 unspecified atom stereocenters. The molecule has 0 aromatic carbocycles. The van der Waals surface area contributed by atoms with Crippen molar-refractivity contribution >= 4 is 14.3 Å². The van der Waals surface area contributed by atoms with Crippen LogP contribution in [-0.4, -0.2) is 27.5 Å². The average Bonchev–Trinajstić information content (AvgIpc) is 2.34. The molecule has 0 aliphatic heterocycles. The van der Waals surface area contributed by atoms with Gasteiger partial charge in [0.05, 0.1) is 13.2 Å². The Hall–Kier alpha value is -1.64. The molecule has 0 heterocycles. The molecular weight excluding hydrogens is 270 g/mol. The fourth-order valence-electron chi connectivity index (χ4n) is 1.31. The maximum absolute atomic E-state index is 11.0. The maximum Gasteiger partial charge on any atom is 0.330 e. The third kappa shape index (κ3) is 8.46. The van der Waals surface area contributed by atoms with Crippen molar-refractivity contribution in [3.8, 4) is 6.07 Å². The highest BCUT2D eigenvalue weighted by molar-refractivity contribution is 6.69. The number of methoxy groups -OCH3 is 1. The van der Waals surface area contributed by atoms with Gasteiger partial charge in [0.1, 0.15) is 0 Å². The summed E-state index contributed by atoms with van der Waals surface area (Å²) in [5, 5.41) is 9.13. The first-order valence-electron chi connectivity index (χ1n) is 6.38. The van der Waals surface area contributed by atoms with Gasteiger partial charge in [-0.05, 0) is 44.6 Å². The first-order chi connectivity index (χ1) is 9.19. The Morgan fingerprint density at radius 2 is 1.90 bits per heavy atom. The lowest BCUT2D eigenvalue weighted by Gasteiger charge is -2.21. The van der Waals surface area contributed by atoms with E-state index in [9.17, 15) is 4.79 Å². The van der Waals surface area contributed by atoms with Gasteiger partial charge in [-0.25, -0.2) is 4.79 Å². The van der Waals surface area contributed by atoms with Crippen LogP contribution in [0.4, 0.5) is 0 Å². The lowest BCUT2D eigenvalue weighted by Crippen LogP contribution is -2.31. The van der Waals surface area contributed by atoms with Gasteiger partial charge in [-0.3, -0.25) is 0 Å². The zero-order valence-electron chi connectivity index (χ0n) is 13.1. The topological polar surface area (TPSA) is 59.3 Å². The number of allylic oxidation sites excluding steroid dienone is 4. The van der Waals surface area contributed by atoms with Crippen molar-refractivity contribution in [1.82, 2.24) is 0 Å². The second-order valence-corrected chi connectivity index (χ2v) is 9.88. The number of ether oxygens (including phenoxy) is 1. The van der Waals surface area contributed by atoms with Gasteiger partial charge in [0.2, 0.25) is 0 Å². The summed E-state index contributed by atoms with van der Waals surface area (Å²) < 4.78 is 10.3. The highest BCUT2D eigenvalue weighted by Crippen LogP contribution is 2.13.